The highest BCUT2D eigenvalue weighted by Crippen LogP contribution is 2.27. The summed E-state index contributed by atoms with van der Waals surface area (Å²) in [4.78, 5) is 31.6. The molecule has 0 bridgehead atoms. The lowest BCUT2D eigenvalue weighted by molar-refractivity contribution is -0.00295. The maximum atomic E-state index is 11.1. The Morgan fingerprint density at radius 3 is 2.96 bits per heavy atom. The SMILES string of the molecule is O=Cc1nccc2oc(-c3nc(COC4CCN(C(=O)O)CC4)no3)cc12. The second-order valence-electron chi connectivity index (χ2n) is 6.13. The van der Waals surface area contributed by atoms with Gasteiger partial charge >= 0.3 is 6.09 Å². The summed E-state index contributed by atoms with van der Waals surface area (Å²) < 4.78 is 16.6. The van der Waals surface area contributed by atoms with Gasteiger partial charge in [-0.25, -0.2) is 4.79 Å². The van der Waals surface area contributed by atoms with Crippen molar-refractivity contribution in [3.05, 3.63) is 29.8 Å². The molecular weight excluding hydrogens is 356 g/mol. The van der Waals surface area contributed by atoms with Gasteiger partial charge in [0.15, 0.2) is 17.9 Å². The number of aldehydes is 1. The predicted molar refractivity (Wildman–Crippen MR) is 90.1 cm³/mol. The van der Waals surface area contributed by atoms with E-state index in [2.05, 4.69) is 15.1 Å². The van der Waals surface area contributed by atoms with Crippen molar-refractivity contribution < 1.29 is 28.4 Å². The van der Waals surface area contributed by atoms with Crippen molar-refractivity contribution in [1.29, 1.82) is 0 Å². The Bertz CT molecular complexity index is 973. The van der Waals surface area contributed by atoms with Crippen molar-refractivity contribution in [1.82, 2.24) is 20.0 Å². The van der Waals surface area contributed by atoms with Gasteiger partial charge in [0.1, 0.15) is 17.9 Å². The first-order valence-corrected chi connectivity index (χ1v) is 8.40. The van der Waals surface area contributed by atoms with E-state index in [0.717, 1.165) is 0 Å². The second kappa shape index (κ2) is 7.16. The summed E-state index contributed by atoms with van der Waals surface area (Å²) in [5.41, 5.74) is 0.779. The molecule has 140 valence electrons. The van der Waals surface area contributed by atoms with E-state index >= 15 is 0 Å². The average molecular weight is 372 g/mol. The molecule has 10 heteroatoms. The molecule has 3 aromatic rings. The molecule has 0 aromatic carbocycles. The molecule has 0 radical (unpaired) electrons. The summed E-state index contributed by atoms with van der Waals surface area (Å²) in [5, 5.41) is 13.4. The van der Waals surface area contributed by atoms with Crippen LogP contribution in [0.3, 0.4) is 0 Å². The predicted octanol–water partition coefficient (Wildman–Crippen LogP) is 2.35. The van der Waals surface area contributed by atoms with Crippen LogP contribution in [0.5, 0.6) is 0 Å². The second-order valence-corrected chi connectivity index (χ2v) is 6.13. The van der Waals surface area contributed by atoms with E-state index in [-0.39, 0.29) is 24.3 Å². The third-order valence-electron chi connectivity index (χ3n) is 4.43. The van der Waals surface area contributed by atoms with Gasteiger partial charge in [0.2, 0.25) is 0 Å². The van der Waals surface area contributed by atoms with E-state index in [9.17, 15) is 9.59 Å². The van der Waals surface area contributed by atoms with Crippen LogP contribution in [0.4, 0.5) is 4.79 Å². The van der Waals surface area contributed by atoms with Gasteiger partial charge in [-0.05, 0) is 25.0 Å². The zero-order valence-electron chi connectivity index (χ0n) is 14.2. The van der Waals surface area contributed by atoms with Crippen LogP contribution in [-0.4, -0.2) is 56.7 Å². The minimum Gasteiger partial charge on any atom is -0.465 e. The number of likely N-dealkylation sites (tertiary alicyclic amines) is 1. The molecule has 0 saturated carbocycles. The summed E-state index contributed by atoms with van der Waals surface area (Å²) in [6, 6.07) is 3.28. The van der Waals surface area contributed by atoms with Crippen LogP contribution in [0.1, 0.15) is 29.2 Å². The number of rotatable bonds is 5. The normalized spacial score (nSPS) is 15.3. The van der Waals surface area contributed by atoms with Gasteiger partial charge in [-0.15, -0.1) is 0 Å². The first-order valence-electron chi connectivity index (χ1n) is 8.40. The van der Waals surface area contributed by atoms with E-state index in [1.165, 1.54) is 11.1 Å². The minimum absolute atomic E-state index is 0.0463. The summed E-state index contributed by atoms with van der Waals surface area (Å²) in [6.45, 7) is 1.05. The van der Waals surface area contributed by atoms with Crippen LogP contribution in [0.15, 0.2) is 27.3 Å². The Morgan fingerprint density at radius 1 is 1.41 bits per heavy atom. The number of pyridine rings is 1. The molecule has 1 saturated heterocycles. The molecule has 3 aromatic heterocycles. The van der Waals surface area contributed by atoms with Gasteiger partial charge < -0.3 is 23.7 Å². The van der Waals surface area contributed by atoms with Crippen molar-refractivity contribution in [2.45, 2.75) is 25.6 Å². The lowest BCUT2D eigenvalue weighted by Crippen LogP contribution is -2.40. The maximum Gasteiger partial charge on any atom is 0.407 e. The standard InChI is InChI=1S/C17H16N4O6/c22-8-12-11-7-14(26-13(11)1-4-18-12)16-19-15(20-27-16)9-25-10-2-5-21(6-3-10)17(23)24/h1,4,7-8,10H,2-3,5-6,9H2,(H,23,24). The first kappa shape index (κ1) is 17.2. The van der Waals surface area contributed by atoms with E-state index in [4.69, 9.17) is 18.8 Å². The number of piperidine rings is 1. The van der Waals surface area contributed by atoms with Gasteiger partial charge in [-0.3, -0.25) is 9.78 Å². The molecule has 10 nitrogen and oxygen atoms in total. The number of ether oxygens (including phenoxy) is 1. The molecule has 4 heterocycles. The zero-order chi connectivity index (χ0) is 18.8. The van der Waals surface area contributed by atoms with E-state index < -0.39 is 6.09 Å². The number of fused-ring (bicyclic) bond motifs is 1. The van der Waals surface area contributed by atoms with Gasteiger partial charge in [-0.2, -0.15) is 4.98 Å². The monoisotopic (exact) mass is 372 g/mol. The topological polar surface area (TPSA) is 132 Å². The Morgan fingerprint density at radius 2 is 2.22 bits per heavy atom. The Hall–Kier alpha value is -3.27. The molecule has 0 atom stereocenters. The molecule has 0 aliphatic carbocycles. The number of carbonyl (C=O) groups excluding carboxylic acids is 1. The minimum atomic E-state index is -0.907. The van der Waals surface area contributed by atoms with Crippen LogP contribution in [0.2, 0.25) is 0 Å². The highest BCUT2D eigenvalue weighted by Gasteiger charge is 2.23. The van der Waals surface area contributed by atoms with Crippen LogP contribution in [0, 0.1) is 0 Å². The lowest BCUT2D eigenvalue weighted by atomic mass is 10.1. The highest BCUT2D eigenvalue weighted by atomic mass is 16.5. The average Bonchev–Trinajstić information content (AvgIpc) is 3.33. The molecule has 1 N–H and O–H groups in total. The largest absolute Gasteiger partial charge is 0.465 e. The van der Waals surface area contributed by atoms with Crippen molar-refractivity contribution in [3.8, 4) is 11.7 Å². The quantitative estimate of drug-likeness (QED) is 0.670. The Balaban J connectivity index is 1.41. The molecule has 4 rings (SSSR count). The number of aromatic nitrogens is 3. The summed E-state index contributed by atoms with van der Waals surface area (Å²) in [5.74, 6) is 0.886. The lowest BCUT2D eigenvalue weighted by Gasteiger charge is -2.29. The fourth-order valence-electron chi connectivity index (χ4n) is 3.00. The Kier molecular flexibility index (Phi) is 4.55. The van der Waals surface area contributed by atoms with Gasteiger partial charge in [-0.1, -0.05) is 5.16 Å². The Labute approximate surface area is 152 Å². The van der Waals surface area contributed by atoms with Crippen molar-refractivity contribution in [2.75, 3.05) is 13.1 Å². The number of nitrogens with zero attached hydrogens (tertiary/aromatic N) is 4. The van der Waals surface area contributed by atoms with E-state index in [0.29, 0.717) is 54.8 Å². The van der Waals surface area contributed by atoms with Crippen molar-refractivity contribution in [2.24, 2.45) is 0 Å². The summed E-state index contributed by atoms with van der Waals surface area (Å²) in [6.07, 6.45) is 2.45. The third-order valence-corrected chi connectivity index (χ3v) is 4.43. The van der Waals surface area contributed by atoms with Gasteiger partial charge in [0, 0.05) is 19.3 Å². The smallest absolute Gasteiger partial charge is 0.407 e. The number of hydrogen-bond donors (Lipinski definition) is 1. The van der Waals surface area contributed by atoms with Crippen LogP contribution in [0.25, 0.3) is 22.6 Å². The van der Waals surface area contributed by atoms with E-state index in [1.807, 2.05) is 0 Å². The molecule has 1 aliphatic rings. The molecule has 0 unspecified atom stereocenters. The molecule has 0 spiro atoms. The number of carbonyl (C=O) groups is 2. The van der Waals surface area contributed by atoms with Crippen molar-refractivity contribution in [3.63, 3.8) is 0 Å². The zero-order valence-corrected chi connectivity index (χ0v) is 14.2. The molecule has 1 amide bonds. The number of furan rings is 1. The molecule has 27 heavy (non-hydrogen) atoms. The highest BCUT2D eigenvalue weighted by molar-refractivity contribution is 5.95. The number of hydrogen-bond acceptors (Lipinski definition) is 8. The van der Waals surface area contributed by atoms with Crippen LogP contribution >= 0.6 is 0 Å². The number of amides is 1. The van der Waals surface area contributed by atoms with Crippen LogP contribution in [-0.2, 0) is 11.3 Å². The van der Waals surface area contributed by atoms with E-state index in [1.54, 1.807) is 12.1 Å². The molecule has 1 aliphatic heterocycles. The summed E-state index contributed by atoms with van der Waals surface area (Å²) in [7, 11) is 0. The number of carboxylic acid groups (broad SMARTS) is 1. The molecule has 1 fully saturated rings. The fraction of sp³-hybridized carbons (Fsp3) is 0.353. The first-order chi connectivity index (χ1) is 13.1. The van der Waals surface area contributed by atoms with Crippen LogP contribution < -0.4 is 0 Å². The van der Waals surface area contributed by atoms with Gasteiger partial charge in [0.05, 0.1) is 11.5 Å². The molecular formula is C17H16N4O6. The van der Waals surface area contributed by atoms with Crippen molar-refractivity contribution >= 4 is 23.3 Å². The summed E-state index contributed by atoms with van der Waals surface area (Å²) >= 11 is 0. The third kappa shape index (κ3) is 3.51. The maximum absolute atomic E-state index is 11.1. The fourth-order valence-corrected chi connectivity index (χ4v) is 3.00. The van der Waals surface area contributed by atoms with Gasteiger partial charge in [0.25, 0.3) is 5.89 Å².